The second-order valence-corrected chi connectivity index (χ2v) is 4.45. The molecule has 1 fully saturated rings. The lowest BCUT2D eigenvalue weighted by Gasteiger charge is -2.40. The van der Waals surface area contributed by atoms with E-state index in [0.717, 1.165) is 6.42 Å². The van der Waals surface area contributed by atoms with Crippen molar-refractivity contribution in [3.05, 3.63) is 29.6 Å². The van der Waals surface area contributed by atoms with Crippen molar-refractivity contribution in [3.8, 4) is 0 Å². The van der Waals surface area contributed by atoms with Crippen LogP contribution < -0.4 is 5.32 Å². The number of hydrogen-bond acceptors (Lipinski definition) is 4. The minimum Gasteiger partial charge on any atom is -0.478 e. The Morgan fingerprint density at radius 2 is 2.17 bits per heavy atom. The van der Waals surface area contributed by atoms with E-state index >= 15 is 0 Å². The smallest absolute Gasteiger partial charge is 0.338 e. The zero-order chi connectivity index (χ0) is 13.2. The molecule has 6 heteroatoms. The van der Waals surface area contributed by atoms with E-state index in [4.69, 9.17) is 5.11 Å². The molecule has 0 spiro atoms. The Morgan fingerprint density at radius 3 is 2.67 bits per heavy atom. The number of amides is 1. The van der Waals surface area contributed by atoms with Gasteiger partial charge in [-0.3, -0.25) is 9.78 Å². The highest BCUT2D eigenvalue weighted by Gasteiger charge is 2.38. The summed E-state index contributed by atoms with van der Waals surface area (Å²) in [4.78, 5) is 26.8. The van der Waals surface area contributed by atoms with Crippen LogP contribution in [0.3, 0.4) is 0 Å². The molecule has 0 bridgehead atoms. The van der Waals surface area contributed by atoms with Gasteiger partial charge >= 0.3 is 5.97 Å². The number of rotatable bonds is 4. The highest BCUT2D eigenvalue weighted by Crippen LogP contribution is 2.31. The molecule has 6 nitrogen and oxygen atoms in total. The van der Waals surface area contributed by atoms with E-state index < -0.39 is 17.4 Å². The second-order valence-electron chi connectivity index (χ2n) is 4.45. The van der Waals surface area contributed by atoms with Crippen LogP contribution in [0.2, 0.25) is 0 Å². The van der Waals surface area contributed by atoms with Crippen LogP contribution >= 0.6 is 0 Å². The summed E-state index contributed by atoms with van der Waals surface area (Å²) in [5.74, 6) is -1.75. The van der Waals surface area contributed by atoms with E-state index in [1.165, 1.54) is 18.3 Å². The normalized spacial score (nSPS) is 16.7. The van der Waals surface area contributed by atoms with E-state index in [9.17, 15) is 14.7 Å². The van der Waals surface area contributed by atoms with E-state index in [1.54, 1.807) is 0 Å². The lowest BCUT2D eigenvalue weighted by molar-refractivity contribution is 0.0620. The Bertz CT molecular complexity index is 477. The van der Waals surface area contributed by atoms with Gasteiger partial charge in [-0.2, -0.15) is 0 Å². The number of aromatic nitrogens is 1. The molecule has 96 valence electrons. The molecule has 0 saturated heterocycles. The van der Waals surface area contributed by atoms with Gasteiger partial charge in [0, 0.05) is 6.20 Å². The minimum atomic E-state index is -1.19. The van der Waals surface area contributed by atoms with Gasteiger partial charge in [0.1, 0.15) is 5.69 Å². The van der Waals surface area contributed by atoms with Crippen molar-refractivity contribution in [1.82, 2.24) is 10.3 Å². The van der Waals surface area contributed by atoms with Crippen LogP contribution in [0.4, 0.5) is 0 Å². The molecule has 3 N–H and O–H groups in total. The molecule has 1 heterocycles. The fourth-order valence-electron chi connectivity index (χ4n) is 1.99. The summed E-state index contributed by atoms with van der Waals surface area (Å²) in [6.45, 7) is -0.145. The zero-order valence-electron chi connectivity index (χ0n) is 9.72. The van der Waals surface area contributed by atoms with Crippen LogP contribution in [-0.2, 0) is 0 Å². The SMILES string of the molecule is O=C(O)c1cccnc1C(=O)NC1(CO)CCC1. The summed E-state index contributed by atoms with van der Waals surface area (Å²) < 4.78 is 0. The monoisotopic (exact) mass is 250 g/mol. The van der Waals surface area contributed by atoms with Crippen LogP contribution in [0.5, 0.6) is 0 Å². The lowest BCUT2D eigenvalue weighted by atomic mass is 9.77. The van der Waals surface area contributed by atoms with Crippen molar-refractivity contribution in [2.75, 3.05) is 6.61 Å². The number of carboxylic acids is 1. The summed E-state index contributed by atoms with van der Waals surface area (Å²) in [5.41, 5.74) is -0.864. The number of carboxylic acid groups (broad SMARTS) is 1. The van der Waals surface area contributed by atoms with Crippen molar-refractivity contribution >= 4 is 11.9 Å². The molecule has 0 radical (unpaired) electrons. The highest BCUT2D eigenvalue weighted by atomic mass is 16.4. The van der Waals surface area contributed by atoms with Gasteiger partial charge in [-0.25, -0.2) is 4.79 Å². The summed E-state index contributed by atoms with van der Waals surface area (Å²) >= 11 is 0. The number of aromatic carboxylic acids is 1. The van der Waals surface area contributed by atoms with Crippen molar-refractivity contribution < 1.29 is 19.8 Å². The molecule has 2 rings (SSSR count). The van der Waals surface area contributed by atoms with E-state index in [1.807, 2.05) is 0 Å². The van der Waals surface area contributed by atoms with E-state index in [0.29, 0.717) is 12.8 Å². The maximum Gasteiger partial charge on any atom is 0.338 e. The van der Waals surface area contributed by atoms with Crippen LogP contribution in [-0.4, -0.2) is 39.2 Å². The molecular weight excluding hydrogens is 236 g/mol. The first kappa shape index (κ1) is 12.5. The molecular formula is C12H14N2O4. The Labute approximate surface area is 104 Å². The summed E-state index contributed by atoms with van der Waals surface area (Å²) in [6.07, 6.45) is 3.71. The predicted molar refractivity (Wildman–Crippen MR) is 62.3 cm³/mol. The first-order chi connectivity index (χ1) is 8.58. The molecule has 1 amide bonds. The molecule has 18 heavy (non-hydrogen) atoms. The topological polar surface area (TPSA) is 99.5 Å². The fraction of sp³-hybridized carbons (Fsp3) is 0.417. The molecule has 1 aliphatic rings. The van der Waals surface area contributed by atoms with Crippen molar-refractivity contribution in [2.24, 2.45) is 0 Å². The third-order valence-corrected chi connectivity index (χ3v) is 3.25. The standard InChI is InChI=1S/C12H14N2O4/c15-7-12(4-2-5-12)14-10(16)9-8(11(17)18)3-1-6-13-9/h1,3,6,15H,2,4-5,7H2,(H,14,16)(H,17,18). The quantitative estimate of drug-likeness (QED) is 0.719. The Balaban J connectivity index is 2.21. The van der Waals surface area contributed by atoms with Gasteiger partial charge in [-0.05, 0) is 31.4 Å². The van der Waals surface area contributed by atoms with Gasteiger partial charge < -0.3 is 15.5 Å². The van der Waals surface area contributed by atoms with Crippen molar-refractivity contribution in [1.29, 1.82) is 0 Å². The fourth-order valence-corrected chi connectivity index (χ4v) is 1.99. The summed E-state index contributed by atoms with van der Waals surface area (Å²) in [6, 6.07) is 2.79. The molecule has 1 aliphatic carbocycles. The molecule has 1 saturated carbocycles. The molecule has 1 aromatic heterocycles. The molecule has 0 aliphatic heterocycles. The number of hydrogen-bond donors (Lipinski definition) is 3. The third kappa shape index (κ3) is 2.19. The van der Waals surface area contributed by atoms with Crippen LogP contribution in [0.25, 0.3) is 0 Å². The largest absolute Gasteiger partial charge is 0.478 e. The second kappa shape index (κ2) is 4.73. The maximum absolute atomic E-state index is 12.0. The number of pyridine rings is 1. The zero-order valence-corrected chi connectivity index (χ0v) is 9.72. The average molecular weight is 250 g/mol. The van der Waals surface area contributed by atoms with E-state index in [-0.39, 0.29) is 17.9 Å². The number of nitrogens with one attached hydrogen (secondary N) is 1. The molecule has 0 aromatic carbocycles. The number of aliphatic hydroxyl groups is 1. The first-order valence-electron chi connectivity index (χ1n) is 5.70. The van der Waals surface area contributed by atoms with Gasteiger partial charge in [-0.1, -0.05) is 0 Å². The summed E-state index contributed by atoms with van der Waals surface area (Å²) in [5, 5.41) is 20.9. The summed E-state index contributed by atoms with van der Waals surface area (Å²) in [7, 11) is 0. The minimum absolute atomic E-state index is 0.121. The average Bonchev–Trinajstić information content (AvgIpc) is 2.33. The van der Waals surface area contributed by atoms with Crippen LogP contribution in [0.15, 0.2) is 18.3 Å². The molecule has 1 aromatic rings. The Hall–Kier alpha value is -1.95. The lowest BCUT2D eigenvalue weighted by Crippen LogP contribution is -2.56. The van der Waals surface area contributed by atoms with Crippen molar-refractivity contribution in [2.45, 2.75) is 24.8 Å². The predicted octanol–water partition coefficient (Wildman–Crippen LogP) is 0.425. The van der Waals surface area contributed by atoms with Crippen LogP contribution in [0.1, 0.15) is 40.1 Å². The van der Waals surface area contributed by atoms with Crippen molar-refractivity contribution in [3.63, 3.8) is 0 Å². The Kier molecular flexibility index (Phi) is 3.29. The molecule has 0 unspecified atom stereocenters. The van der Waals surface area contributed by atoms with Gasteiger partial charge in [-0.15, -0.1) is 0 Å². The number of carbonyl (C=O) groups is 2. The van der Waals surface area contributed by atoms with Gasteiger partial charge in [0.2, 0.25) is 0 Å². The van der Waals surface area contributed by atoms with Crippen LogP contribution in [0, 0.1) is 0 Å². The molecule has 0 atom stereocenters. The maximum atomic E-state index is 12.0. The van der Waals surface area contributed by atoms with Gasteiger partial charge in [0.05, 0.1) is 17.7 Å². The van der Waals surface area contributed by atoms with Gasteiger partial charge in [0.15, 0.2) is 0 Å². The Morgan fingerprint density at radius 1 is 1.44 bits per heavy atom. The van der Waals surface area contributed by atoms with Gasteiger partial charge in [0.25, 0.3) is 5.91 Å². The first-order valence-corrected chi connectivity index (χ1v) is 5.70. The number of carbonyl (C=O) groups excluding carboxylic acids is 1. The number of aliphatic hydroxyl groups excluding tert-OH is 1. The number of nitrogens with zero attached hydrogens (tertiary/aromatic N) is 1. The van der Waals surface area contributed by atoms with E-state index in [2.05, 4.69) is 10.3 Å². The third-order valence-electron chi connectivity index (χ3n) is 3.25. The highest BCUT2D eigenvalue weighted by molar-refractivity contribution is 6.03.